The van der Waals surface area contributed by atoms with Crippen LogP contribution in [0.15, 0.2) is 49.1 Å². The Balaban J connectivity index is 2.03. The van der Waals surface area contributed by atoms with E-state index in [1.54, 1.807) is 11.0 Å². The molecule has 0 aliphatic carbocycles. The second kappa shape index (κ2) is 7.66. The minimum atomic E-state index is -0.654. The molecule has 2 aromatic carbocycles. The van der Waals surface area contributed by atoms with Crippen molar-refractivity contribution in [3.05, 3.63) is 71.3 Å². The quantitative estimate of drug-likeness (QED) is 0.797. The number of carbonyl (C=O) groups excluding carboxylic acids is 2. The van der Waals surface area contributed by atoms with Gasteiger partial charge in [-0.15, -0.1) is 0 Å². The van der Waals surface area contributed by atoms with Crippen molar-refractivity contribution in [3.63, 3.8) is 0 Å². The van der Waals surface area contributed by atoms with E-state index in [9.17, 15) is 9.59 Å². The molecule has 140 valence electrons. The molecule has 0 unspecified atom stereocenters. The Labute approximate surface area is 159 Å². The molecule has 0 aromatic heterocycles. The number of benzene rings is 2. The van der Waals surface area contributed by atoms with Crippen LogP contribution >= 0.6 is 0 Å². The summed E-state index contributed by atoms with van der Waals surface area (Å²) in [5.74, 6) is 0.368. The number of fused-ring (bicyclic) bond motifs is 1. The molecule has 2 aromatic rings. The van der Waals surface area contributed by atoms with E-state index in [2.05, 4.69) is 11.9 Å². The Morgan fingerprint density at radius 3 is 2.63 bits per heavy atom. The molecule has 1 atom stereocenters. The van der Waals surface area contributed by atoms with Crippen LogP contribution in [-0.4, -0.2) is 18.4 Å². The van der Waals surface area contributed by atoms with E-state index in [1.807, 2.05) is 50.2 Å². The highest BCUT2D eigenvalue weighted by molar-refractivity contribution is 6.07. The van der Waals surface area contributed by atoms with Crippen LogP contribution in [-0.2, 0) is 16.1 Å². The highest BCUT2D eigenvalue weighted by Gasteiger charge is 2.40. The van der Waals surface area contributed by atoms with Crippen LogP contribution in [0, 0.1) is 13.8 Å². The third-order valence-corrected chi connectivity index (χ3v) is 4.71. The van der Waals surface area contributed by atoms with Crippen LogP contribution in [0.5, 0.6) is 5.75 Å². The summed E-state index contributed by atoms with van der Waals surface area (Å²) in [6.07, 6.45) is 1.69. The van der Waals surface area contributed by atoms with Crippen molar-refractivity contribution >= 4 is 17.5 Å². The number of para-hydroxylation sites is 1. The number of nitrogens with zero attached hydrogens (tertiary/aromatic N) is 1. The van der Waals surface area contributed by atoms with Gasteiger partial charge in [-0.3, -0.25) is 9.59 Å². The van der Waals surface area contributed by atoms with Crippen molar-refractivity contribution in [3.8, 4) is 5.75 Å². The fourth-order valence-electron chi connectivity index (χ4n) is 3.52. The molecule has 3 rings (SSSR count). The lowest BCUT2D eigenvalue weighted by molar-refractivity contribution is -0.126. The smallest absolute Gasteiger partial charge is 0.254 e. The van der Waals surface area contributed by atoms with Crippen LogP contribution in [0.3, 0.4) is 0 Å². The number of aryl methyl sites for hydroxylation is 2. The molecule has 5 nitrogen and oxygen atoms in total. The maximum Gasteiger partial charge on any atom is 0.254 e. The van der Waals surface area contributed by atoms with Crippen LogP contribution < -0.4 is 15.0 Å². The summed E-state index contributed by atoms with van der Waals surface area (Å²) in [6, 6.07) is 11.0. The fraction of sp³-hybridized carbons (Fsp3) is 0.273. The van der Waals surface area contributed by atoms with E-state index in [4.69, 9.17) is 4.74 Å². The maximum absolute atomic E-state index is 13.2. The topological polar surface area (TPSA) is 58.6 Å². The zero-order valence-corrected chi connectivity index (χ0v) is 15.9. The SMILES string of the molecule is C=CCOc1ccccc1CN1C(=O)[C@@H](NC(C)=O)c2c(C)ccc(C)c21. The molecule has 0 saturated heterocycles. The Morgan fingerprint density at radius 1 is 1.22 bits per heavy atom. The van der Waals surface area contributed by atoms with Gasteiger partial charge in [-0.25, -0.2) is 0 Å². The predicted molar refractivity (Wildman–Crippen MR) is 106 cm³/mol. The molecule has 0 radical (unpaired) electrons. The standard InChI is InChI=1S/C22H24N2O3/c1-5-12-27-18-9-7-6-8-17(18)13-24-21-15(3)11-10-14(2)19(21)20(22(24)26)23-16(4)25/h5-11,20H,1,12-13H2,2-4H3,(H,23,25)/t20-/m0/s1. The van der Waals surface area contributed by atoms with Gasteiger partial charge in [-0.1, -0.05) is 43.0 Å². The summed E-state index contributed by atoms with van der Waals surface area (Å²) in [6.45, 7) is 9.83. The van der Waals surface area contributed by atoms with E-state index in [0.29, 0.717) is 13.2 Å². The molecule has 0 spiro atoms. The van der Waals surface area contributed by atoms with Gasteiger partial charge in [-0.05, 0) is 31.0 Å². The summed E-state index contributed by atoms with van der Waals surface area (Å²) in [4.78, 5) is 26.6. The lowest BCUT2D eigenvalue weighted by Gasteiger charge is -2.21. The highest BCUT2D eigenvalue weighted by atomic mass is 16.5. The molecule has 0 bridgehead atoms. The number of anilines is 1. The zero-order valence-electron chi connectivity index (χ0n) is 15.9. The number of carbonyl (C=O) groups is 2. The van der Waals surface area contributed by atoms with Crippen molar-refractivity contribution in [1.29, 1.82) is 0 Å². The molecule has 1 aliphatic heterocycles. The number of hydrogen-bond acceptors (Lipinski definition) is 3. The monoisotopic (exact) mass is 364 g/mol. The molecular weight excluding hydrogens is 340 g/mol. The Bertz CT molecular complexity index is 904. The summed E-state index contributed by atoms with van der Waals surface area (Å²) >= 11 is 0. The first kappa shape index (κ1) is 18.7. The minimum Gasteiger partial charge on any atom is -0.489 e. The Kier molecular flexibility index (Phi) is 5.31. The van der Waals surface area contributed by atoms with Gasteiger partial charge in [0.1, 0.15) is 18.4 Å². The third-order valence-electron chi connectivity index (χ3n) is 4.71. The summed E-state index contributed by atoms with van der Waals surface area (Å²) < 4.78 is 5.74. The molecular formula is C22H24N2O3. The fourth-order valence-corrected chi connectivity index (χ4v) is 3.52. The van der Waals surface area contributed by atoms with Crippen molar-refractivity contribution in [2.24, 2.45) is 0 Å². The van der Waals surface area contributed by atoms with Gasteiger partial charge >= 0.3 is 0 Å². The van der Waals surface area contributed by atoms with Gasteiger partial charge < -0.3 is 15.0 Å². The van der Waals surface area contributed by atoms with Crippen molar-refractivity contribution in [2.45, 2.75) is 33.4 Å². The van der Waals surface area contributed by atoms with Crippen LogP contribution in [0.4, 0.5) is 5.69 Å². The highest BCUT2D eigenvalue weighted by Crippen LogP contribution is 2.42. The Hall–Kier alpha value is -3.08. The molecule has 1 aliphatic rings. The van der Waals surface area contributed by atoms with E-state index < -0.39 is 6.04 Å². The number of rotatable bonds is 6. The lowest BCUT2D eigenvalue weighted by atomic mass is 9.99. The maximum atomic E-state index is 13.2. The molecule has 1 heterocycles. The van der Waals surface area contributed by atoms with Gasteiger partial charge in [0.15, 0.2) is 0 Å². The van der Waals surface area contributed by atoms with Crippen LogP contribution in [0.1, 0.15) is 35.2 Å². The largest absolute Gasteiger partial charge is 0.489 e. The normalized spacial score (nSPS) is 15.4. The first-order valence-corrected chi connectivity index (χ1v) is 8.94. The van der Waals surface area contributed by atoms with Crippen molar-refractivity contribution in [2.75, 3.05) is 11.5 Å². The van der Waals surface area contributed by atoms with Crippen LogP contribution in [0.25, 0.3) is 0 Å². The second-order valence-electron chi connectivity index (χ2n) is 6.73. The van der Waals surface area contributed by atoms with E-state index in [0.717, 1.165) is 33.7 Å². The lowest BCUT2D eigenvalue weighted by Crippen LogP contribution is -2.36. The van der Waals surface area contributed by atoms with E-state index >= 15 is 0 Å². The Morgan fingerprint density at radius 2 is 1.93 bits per heavy atom. The van der Waals surface area contributed by atoms with Gasteiger partial charge in [0, 0.05) is 18.1 Å². The number of nitrogens with one attached hydrogen (secondary N) is 1. The summed E-state index contributed by atoms with van der Waals surface area (Å²) in [5, 5.41) is 2.81. The van der Waals surface area contributed by atoms with Crippen molar-refractivity contribution in [1.82, 2.24) is 5.32 Å². The molecule has 27 heavy (non-hydrogen) atoms. The first-order chi connectivity index (χ1) is 12.9. The van der Waals surface area contributed by atoms with Crippen LogP contribution in [0.2, 0.25) is 0 Å². The molecule has 1 N–H and O–H groups in total. The van der Waals surface area contributed by atoms with Gasteiger partial charge in [0.05, 0.1) is 12.2 Å². The summed E-state index contributed by atoms with van der Waals surface area (Å²) in [5.41, 5.74) is 4.64. The second-order valence-corrected chi connectivity index (χ2v) is 6.73. The minimum absolute atomic E-state index is 0.129. The predicted octanol–water partition coefficient (Wildman–Crippen LogP) is 3.59. The third kappa shape index (κ3) is 3.58. The van der Waals surface area contributed by atoms with Gasteiger partial charge in [-0.2, -0.15) is 0 Å². The van der Waals surface area contributed by atoms with Gasteiger partial charge in [0.2, 0.25) is 5.91 Å². The average molecular weight is 364 g/mol. The van der Waals surface area contributed by atoms with E-state index in [1.165, 1.54) is 6.92 Å². The van der Waals surface area contributed by atoms with Crippen molar-refractivity contribution < 1.29 is 14.3 Å². The first-order valence-electron chi connectivity index (χ1n) is 8.94. The summed E-state index contributed by atoms with van der Waals surface area (Å²) in [7, 11) is 0. The molecule has 0 fully saturated rings. The number of amides is 2. The zero-order chi connectivity index (χ0) is 19.6. The van der Waals surface area contributed by atoms with E-state index in [-0.39, 0.29) is 11.8 Å². The van der Waals surface area contributed by atoms with Gasteiger partial charge in [0.25, 0.3) is 5.91 Å². The average Bonchev–Trinajstić information content (AvgIpc) is 2.91. The number of ether oxygens (including phenoxy) is 1. The number of hydrogen-bond donors (Lipinski definition) is 1. The molecule has 2 amide bonds. The molecule has 5 heteroatoms. The molecule has 0 saturated carbocycles.